The molecule has 0 unspecified atom stereocenters. The first-order valence-electron chi connectivity index (χ1n) is 8.73. The lowest BCUT2D eigenvalue weighted by Crippen LogP contribution is -2.29. The molecule has 1 amide bonds. The Morgan fingerprint density at radius 2 is 1.76 bits per heavy atom. The normalized spacial score (nSPS) is 17.2. The van der Waals surface area contributed by atoms with Crippen LogP contribution in [0.5, 0.6) is 11.5 Å². The second kappa shape index (κ2) is 8.71. The van der Waals surface area contributed by atoms with Crippen LogP contribution in [0.15, 0.2) is 62.7 Å². The highest BCUT2D eigenvalue weighted by Crippen LogP contribution is 2.35. The molecule has 2 aromatic rings. The quantitative estimate of drug-likeness (QED) is 0.651. The molecule has 0 spiro atoms. The van der Waals surface area contributed by atoms with Crippen LogP contribution in [0, 0.1) is 0 Å². The number of ether oxygens (including phenoxy) is 2. The van der Waals surface area contributed by atoms with E-state index in [1.54, 1.807) is 56.5 Å². The van der Waals surface area contributed by atoms with Crippen LogP contribution in [0.25, 0.3) is 6.08 Å². The maximum Gasteiger partial charge on any atom is 0.284 e. The molecule has 0 aromatic heterocycles. The molecule has 0 saturated carbocycles. The number of carbonyl (C=O) groups is 1. The fourth-order valence-corrected chi connectivity index (χ4v) is 4.96. The van der Waals surface area contributed by atoms with Gasteiger partial charge in [-0.2, -0.15) is 8.42 Å². The molecule has 0 radical (unpaired) electrons. The van der Waals surface area contributed by atoms with Crippen molar-refractivity contribution in [3.05, 3.63) is 59.0 Å². The zero-order valence-electron chi connectivity index (χ0n) is 16.2. The zero-order valence-corrected chi connectivity index (χ0v) is 17.8. The molecule has 1 aliphatic rings. The number of carbonyl (C=O) groups excluding carboxylic acids is 1. The highest BCUT2D eigenvalue weighted by molar-refractivity contribution is 8.19. The molecule has 0 bridgehead atoms. The van der Waals surface area contributed by atoms with E-state index in [4.69, 9.17) is 9.47 Å². The van der Waals surface area contributed by atoms with Gasteiger partial charge in [-0.05, 0) is 54.6 Å². The maximum atomic E-state index is 12.8. The molecule has 1 heterocycles. The van der Waals surface area contributed by atoms with E-state index >= 15 is 0 Å². The summed E-state index contributed by atoms with van der Waals surface area (Å²) >= 11 is 1.03. The monoisotopic (exact) mass is 432 g/mol. The van der Waals surface area contributed by atoms with Crippen molar-refractivity contribution in [1.29, 1.82) is 0 Å². The number of amides is 1. The Balaban J connectivity index is 1.96. The second-order valence-corrected chi connectivity index (χ2v) is 8.55. The lowest BCUT2D eigenvalue weighted by molar-refractivity contribution is -0.122. The van der Waals surface area contributed by atoms with Crippen molar-refractivity contribution in [2.75, 3.05) is 20.8 Å². The first-order valence-corrected chi connectivity index (χ1v) is 11.0. The predicted molar refractivity (Wildman–Crippen MR) is 114 cm³/mol. The molecule has 0 N–H and O–H groups in total. The molecule has 152 valence electrons. The molecule has 2 aromatic carbocycles. The van der Waals surface area contributed by atoms with Gasteiger partial charge in [0.05, 0.1) is 24.0 Å². The number of rotatable bonds is 6. The van der Waals surface area contributed by atoms with Gasteiger partial charge in [0, 0.05) is 6.54 Å². The fourth-order valence-electron chi connectivity index (χ4n) is 2.70. The minimum Gasteiger partial charge on any atom is -0.493 e. The van der Waals surface area contributed by atoms with Gasteiger partial charge in [-0.25, -0.2) is 0 Å². The van der Waals surface area contributed by atoms with E-state index in [9.17, 15) is 13.2 Å². The van der Waals surface area contributed by atoms with Crippen LogP contribution >= 0.6 is 11.8 Å². The maximum absolute atomic E-state index is 12.8. The molecule has 9 heteroatoms. The number of methoxy groups -OCH3 is 2. The SMILES string of the molecule is CCN1C(=O)/C(=C/c2ccc(OC)c(OC)c2)S/C1=N/S(=O)(=O)c1ccccc1. The highest BCUT2D eigenvalue weighted by Gasteiger charge is 2.34. The Morgan fingerprint density at radius 3 is 2.38 bits per heavy atom. The van der Waals surface area contributed by atoms with E-state index in [1.165, 1.54) is 24.1 Å². The number of likely N-dealkylation sites (N-methyl/N-ethyl adjacent to an activating group) is 1. The van der Waals surface area contributed by atoms with Crippen molar-refractivity contribution in [3.63, 3.8) is 0 Å². The predicted octanol–water partition coefficient (Wildman–Crippen LogP) is 3.38. The summed E-state index contributed by atoms with van der Waals surface area (Å²) in [6, 6.07) is 13.2. The number of sulfonamides is 1. The molecular formula is C20H20N2O5S2. The lowest BCUT2D eigenvalue weighted by atomic mass is 10.2. The third-order valence-electron chi connectivity index (χ3n) is 4.15. The van der Waals surface area contributed by atoms with Crippen LogP contribution < -0.4 is 9.47 Å². The van der Waals surface area contributed by atoms with E-state index in [0.29, 0.717) is 22.9 Å². The van der Waals surface area contributed by atoms with Crippen molar-refractivity contribution in [3.8, 4) is 11.5 Å². The standard InChI is InChI=1S/C20H20N2O5S2/c1-4-22-19(23)18(13-14-10-11-16(26-2)17(12-14)27-3)28-20(22)21-29(24,25)15-8-6-5-7-9-15/h5-13H,4H2,1-3H3/b18-13-,21-20+. The molecule has 29 heavy (non-hydrogen) atoms. The molecular weight excluding hydrogens is 412 g/mol. The smallest absolute Gasteiger partial charge is 0.284 e. The summed E-state index contributed by atoms with van der Waals surface area (Å²) in [4.78, 5) is 14.6. The summed E-state index contributed by atoms with van der Waals surface area (Å²) in [5, 5.41) is 0.132. The highest BCUT2D eigenvalue weighted by atomic mass is 32.2. The molecule has 1 saturated heterocycles. The number of hydrogen-bond acceptors (Lipinski definition) is 6. The summed E-state index contributed by atoms with van der Waals surface area (Å²) in [6.45, 7) is 2.07. The Kier molecular flexibility index (Phi) is 6.29. The van der Waals surface area contributed by atoms with Crippen molar-refractivity contribution < 1.29 is 22.7 Å². The van der Waals surface area contributed by atoms with Crippen LogP contribution in [0.1, 0.15) is 12.5 Å². The number of benzene rings is 2. The van der Waals surface area contributed by atoms with Gasteiger partial charge in [-0.15, -0.1) is 4.40 Å². The van der Waals surface area contributed by atoms with Crippen molar-refractivity contribution in [2.45, 2.75) is 11.8 Å². The Morgan fingerprint density at radius 1 is 1.07 bits per heavy atom. The summed E-state index contributed by atoms with van der Waals surface area (Å²) < 4.78 is 39.6. The third-order valence-corrected chi connectivity index (χ3v) is 6.55. The average Bonchev–Trinajstić information content (AvgIpc) is 3.01. The van der Waals surface area contributed by atoms with Crippen LogP contribution in [0.4, 0.5) is 0 Å². The molecule has 1 fully saturated rings. The first kappa shape index (κ1) is 20.9. The van der Waals surface area contributed by atoms with E-state index in [1.807, 2.05) is 0 Å². The van der Waals surface area contributed by atoms with Gasteiger partial charge in [-0.1, -0.05) is 24.3 Å². The van der Waals surface area contributed by atoms with Crippen molar-refractivity contribution >= 4 is 38.9 Å². The Bertz CT molecular complexity index is 1080. The number of amidine groups is 1. The van der Waals surface area contributed by atoms with Crippen LogP contribution in [0.2, 0.25) is 0 Å². The largest absolute Gasteiger partial charge is 0.493 e. The van der Waals surface area contributed by atoms with E-state index in [-0.39, 0.29) is 16.0 Å². The second-order valence-electron chi connectivity index (χ2n) is 5.94. The summed E-state index contributed by atoms with van der Waals surface area (Å²) in [6.07, 6.45) is 1.68. The van der Waals surface area contributed by atoms with Crippen LogP contribution in [-0.2, 0) is 14.8 Å². The number of thioether (sulfide) groups is 1. The lowest BCUT2D eigenvalue weighted by Gasteiger charge is -2.11. The van der Waals surface area contributed by atoms with Crippen molar-refractivity contribution in [2.24, 2.45) is 4.40 Å². The molecule has 0 aliphatic carbocycles. The van der Waals surface area contributed by atoms with E-state index < -0.39 is 10.0 Å². The van der Waals surface area contributed by atoms with E-state index in [2.05, 4.69) is 4.40 Å². The van der Waals surface area contributed by atoms with Crippen LogP contribution in [0.3, 0.4) is 0 Å². The van der Waals surface area contributed by atoms with Gasteiger partial charge in [0.15, 0.2) is 16.7 Å². The van der Waals surface area contributed by atoms with Gasteiger partial charge in [-0.3, -0.25) is 9.69 Å². The zero-order chi connectivity index (χ0) is 21.0. The number of hydrogen-bond donors (Lipinski definition) is 0. The Labute approximate surface area is 174 Å². The minimum absolute atomic E-state index is 0.0777. The molecule has 0 atom stereocenters. The molecule has 1 aliphatic heterocycles. The van der Waals surface area contributed by atoms with Gasteiger partial charge in [0.25, 0.3) is 15.9 Å². The van der Waals surface area contributed by atoms with Gasteiger partial charge >= 0.3 is 0 Å². The van der Waals surface area contributed by atoms with Gasteiger partial charge in [0.2, 0.25) is 0 Å². The van der Waals surface area contributed by atoms with Gasteiger partial charge < -0.3 is 9.47 Å². The first-order chi connectivity index (χ1) is 13.9. The van der Waals surface area contributed by atoms with Crippen molar-refractivity contribution in [1.82, 2.24) is 4.90 Å². The molecule has 7 nitrogen and oxygen atoms in total. The van der Waals surface area contributed by atoms with E-state index in [0.717, 1.165) is 17.3 Å². The minimum atomic E-state index is -3.92. The molecule has 3 rings (SSSR count). The average molecular weight is 433 g/mol. The summed E-state index contributed by atoms with van der Waals surface area (Å²) in [7, 11) is -0.844. The van der Waals surface area contributed by atoms with Crippen LogP contribution in [-0.4, -0.2) is 45.2 Å². The Hall–Kier alpha value is -2.78. The summed E-state index contributed by atoms with van der Waals surface area (Å²) in [5.74, 6) is 0.811. The third kappa shape index (κ3) is 4.46. The van der Waals surface area contributed by atoms with Gasteiger partial charge in [0.1, 0.15) is 0 Å². The topological polar surface area (TPSA) is 85.3 Å². The fraction of sp³-hybridized carbons (Fsp3) is 0.200. The number of nitrogens with zero attached hydrogens (tertiary/aromatic N) is 2. The summed E-state index contributed by atoms with van der Waals surface area (Å²) in [5.41, 5.74) is 0.724.